The Balaban J connectivity index is 4.14. The first kappa shape index (κ1) is 29.0. The van der Waals surface area contributed by atoms with Gasteiger partial charge in [-0.25, -0.2) is 0 Å². The molecule has 0 aromatic carbocycles. The second-order valence-corrected chi connectivity index (χ2v) is 11.0. The molecule has 0 rings (SSSR count). The molecule has 5 atom stereocenters. The molecule has 1 heteroatoms. The van der Waals surface area contributed by atoms with E-state index >= 15 is 0 Å². The summed E-state index contributed by atoms with van der Waals surface area (Å²) < 4.78 is 0. The van der Waals surface area contributed by atoms with Crippen molar-refractivity contribution in [3.8, 4) is 0 Å². The van der Waals surface area contributed by atoms with Gasteiger partial charge in [-0.05, 0) is 50.0 Å². The van der Waals surface area contributed by atoms with E-state index in [9.17, 15) is 0 Å². The minimum Gasteiger partial charge on any atom is -0.311 e. The van der Waals surface area contributed by atoms with Crippen LogP contribution in [-0.4, -0.2) is 12.1 Å². The van der Waals surface area contributed by atoms with Crippen molar-refractivity contribution >= 4 is 0 Å². The Bertz CT molecular complexity index is 361. The minimum atomic E-state index is 0.240. The summed E-state index contributed by atoms with van der Waals surface area (Å²) in [7, 11) is 0. The molecule has 0 aliphatic carbocycles. The van der Waals surface area contributed by atoms with Gasteiger partial charge in [-0.1, -0.05) is 126 Å². The Hall–Kier alpha value is -0.0400. The first-order valence-corrected chi connectivity index (χ1v) is 13.4. The van der Waals surface area contributed by atoms with Gasteiger partial charge in [0.05, 0.1) is 0 Å². The third-order valence-corrected chi connectivity index (χ3v) is 7.95. The van der Waals surface area contributed by atoms with Gasteiger partial charge in [0.2, 0.25) is 0 Å². The van der Waals surface area contributed by atoms with Gasteiger partial charge in [0, 0.05) is 5.54 Å². The molecule has 0 aromatic rings. The summed E-state index contributed by atoms with van der Waals surface area (Å²) in [5.41, 5.74) is 0.240. The molecule has 0 bridgehead atoms. The zero-order valence-electron chi connectivity index (χ0n) is 22.1. The Morgan fingerprint density at radius 2 is 1.17 bits per heavy atom. The molecule has 0 heterocycles. The van der Waals surface area contributed by atoms with Crippen molar-refractivity contribution in [2.24, 2.45) is 29.6 Å². The van der Waals surface area contributed by atoms with Crippen molar-refractivity contribution in [3.05, 3.63) is 0 Å². The van der Waals surface area contributed by atoms with Crippen molar-refractivity contribution in [1.82, 2.24) is 5.32 Å². The van der Waals surface area contributed by atoms with Crippen molar-refractivity contribution in [3.63, 3.8) is 0 Å². The fourth-order valence-corrected chi connectivity index (χ4v) is 5.19. The molecular formula is C28H59N. The van der Waals surface area contributed by atoms with Crippen molar-refractivity contribution in [2.75, 3.05) is 6.54 Å². The zero-order chi connectivity index (χ0) is 22.3. The summed E-state index contributed by atoms with van der Waals surface area (Å²) in [6.07, 6.45) is 16.8. The van der Waals surface area contributed by atoms with E-state index < -0.39 is 0 Å². The lowest BCUT2D eigenvalue weighted by atomic mass is 9.74. The molecule has 1 N–H and O–H groups in total. The molecule has 0 aliphatic rings. The summed E-state index contributed by atoms with van der Waals surface area (Å²) in [6, 6.07) is 0. The Morgan fingerprint density at radius 3 is 1.69 bits per heavy atom. The van der Waals surface area contributed by atoms with Crippen LogP contribution in [0, 0.1) is 29.6 Å². The zero-order valence-corrected chi connectivity index (χ0v) is 22.1. The van der Waals surface area contributed by atoms with E-state index in [4.69, 9.17) is 0 Å². The molecule has 176 valence electrons. The van der Waals surface area contributed by atoms with Crippen LogP contribution in [-0.2, 0) is 0 Å². The number of hydrogen-bond acceptors (Lipinski definition) is 1. The summed E-state index contributed by atoms with van der Waals surface area (Å²) in [6.45, 7) is 22.8. The van der Waals surface area contributed by atoms with Crippen molar-refractivity contribution in [2.45, 2.75) is 145 Å². The fraction of sp³-hybridized carbons (Fsp3) is 1.00. The SMILES string of the molecule is CCCC(C)C(C)CNC(C)(C)C(CC)C(C)CCCCCCCCC(C)CC. The van der Waals surface area contributed by atoms with E-state index in [1.54, 1.807) is 0 Å². The average molecular weight is 410 g/mol. The molecule has 0 saturated heterocycles. The summed E-state index contributed by atoms with van der Waals surface area (Å²) in [4.78, 5) is 0. The number of hydrogen-bond donors (Lipinski definition) is 1. The van der Waals surface area contributed by atoms with Crippen LogP contribution >= 0.6 is 0 Å². The average Bonchev–Trinajstić information content (AvgIpc) is 2.68. The highest BCUT2D eigenvalue weighted by Crippen LogP contribution is 2.32. The van der Waals surface area contributed by atoms with Gasteiger partial charge in [-0.2, -0.15) is 0 Å². The fourth-order valence-electron chi connectivity index (χ4n) is 5.19. The first-order chi connectivity index (χ1) is 13.7. The molecule has 1 nitrogen and oxygen atoms in total. The second kappa shape index (κ2) is 16.6. The smallest absolute Gasteiger partial charge is 0.0155 e. The van der Waals surface area contributed by atoms with Crippen molar-refractivity contribution in [1.29, 1.82) is 0 Å². The summed E-state index contributed by atoms with van der Waals surface area (Å²) in [5.74, 6) is 4.10. The first-order valence-electron chi connectivity index (χ1n) is 13.4. The van der Waals surface area contributed by atoms with Crippen LogP contribution < -0.4 is 5.32 Å². The molecule has 0 aliphatic heterocycles. The monoisotopic (exact) mass is 409 g/mol. The van der Waals surface area contributed by atoms with Gasteiger partial charge in [0.15, 0.2) is 0 Å². The maximum atomic E-state index is 3.97. The molecule has 0 amide bonds. The predicted molar refractivity (Wildman–Crippen MR) is 135 cm³/mol. The molecule has 0 saturated carbocycles. The summed E-state index contributed by atoms with van der Waals surface area (Å²) >= 11 is 0. The topological polar surface area (TPSA) is 12.0 Å². The van der Waals surface area contributed by atoms with E-state index in [1.165, 1.54) is 77.0 Å². The number of rotatable bonds is 19. The van der Waals surface area contributed by atoms with Gasteiger partial charge in [-0.3, -0.25) is 0 Å². The van der Waals surface area contributed by atoms with Gasteiger partial charge >= 0.3 is 0 Å². The number of nitrogens with one attached hydrogen (secondary N) is 1. The van der Waals surface area contributed by atoms with E-state index in [0.29, 0.717) is 0 Å². The van der Waals surface area contributed by atoms with Gasteiger partial charge in [-0.15, -0.1) is 0 Å². The predicted octanol–water partition coefficient (Wildman–Crippen LogP) is 9.26. The van der Waals surface area contributed by atoms with Crippen LogP contribution in [0.2, 0.25) is 0 Å². The normalized spacial score (nSPS) is 17.7. The third kappa shape index (κ3) is 13.1. The molecule has 5 unspecified atom stereocenters. The van der Waals surface area contributed by atoms with Crippen LogP contribution in [0.4, 0.5) is 0 Å². The van der Waals surface area contributed by atoms with Crippen LogP contribution in [0.5, 0.6) is 0 Å². The standard InChI is InChI=1S/C28H59N/c1-10-19-24(5)26(7)22-29-28(8,9)27(12-3)25(6)21-18-16-14-13-15-17-20-23(4)11-2/h23-27,29H,10-22H2,1-9H3. The Kier molecular flexibility index (Phi) is 16.6. The highest BCUT2D eigenvalue weighted by molar-refractivity contribution is 4.89. The second-order valence-electron chi connectivity index (χ2n) is 11.0. The Morgan fingerprint density at radius 1 is 0.621 bits per heavy atom. The highest BCUT2D eigenvalue weighted by atomic mass is 15.0. The van der Waals surface area contributed by atoms with Gasteiger partial charge in [0.25, 0.3) is 0 Å². The molecule has 29 heavy (non-hydrogen) atoms. The maximum Gasteiger partial charge on any atom is 0.0155 e. The maximum absolute atomic E-state index is 3.97. The lowest BCUT2D eigenvalue weighted by molar-refractivity contribution is 0.158. The molecule has 0 spiro atoms. The lowest BCUT2D eigenvalue weighted by Gasteiger charge is -2.40. The van der Waals surface area contributed by atoms with Gasteiger partial charge in [0.1, 0.15) is 0 Å². The van der Waals surface area contributed by atoms with Crippen LogP contribution in [0.3, 0.4) is 0 Å². The quantitative estimate of drug-likeness (QED) is 0.209. The molecule has 0 radical (unpaired) electrons. The Labute approximate surface area is 186 Å². The molecular weight excluding hydrogens is 350 g/mol. The van der Waals surface area contributed by atoms with Crippen molar-refractivity contribution < 1.29 is 0 Å². The van der Waals surface area contributed by atoms with E-state index in [0.717, 1.165) is 36.1 Å². The third-order valence-electron chi connectivity index (χ3n) is 7.95. The van der Waals surface area contributed by atoms with Crippen LogP contribution in [0.25, 0.3) is 0 Å². The van der Waals surface area contributed by atoms with E-state index in [-0.39, 0.29) is 5.54 Å². The van der Waals surface area contributed by atoms with Crippen LogP contribution in [0.15, 0.2) is 0 Å². The van der Waals surface area contributed by atoms with Gasteiger partial charge < -0.3 is 5.32 Å². The molecule has 0 fully saturated rings. The lowest BCUT2D eigenvalue weighted by Crippen LogP contribution is -2.50. The van der Waals surface area contributed by atoms with Crippen LogP contribution in [0.1, 0.15) is 139 Å². The minimum absolute atomic E-state index is 0.240. The highest BCUT2D eigenvalue weighted by Gasteiger charge is 2.32. The largest absolute Gasteiger partial charge is 0.311 e. The van der Waals surface area contributed by atoms with E-state index in [1.807, 2.05) is 0 Å². The summed E-state index contributed by atoms with van der Waals surface area (Å²) in [5, 5.41) is 3.97. The van der Waals surface area contributed by atoms with E-state index in [2.05, 4.69) is 67.6 Å². The molecule has 0 aromatic heterocycles. The number of unbranched alkanes of at least 4 members (excludes halogenated alkanes) is 5.